The molecule has 0 saturated carbocycles. The highest BCUT2D eigenvalue weighted by molar-refractivity contribution is 5.11. The molecule has 10 heavy (non-hydrogen) atoms. The molecule has 0 fully saturated rings. The molecule has 2 N–H and O–H groups in total. The standard InChI is InChI=1S/C7H9FN2/c1-5-2-6(8)3-7(4-9)10-5/h2-3H,4,9H2,1H3. The third kappa shape index (κ3) is 1.51. The van der Waals surface area contributed by atoms with Gasteiger partial charge in [0.05, 0.1) is 5.69 Å². The fourth-order valence-electron chi connectivity index (χ4n) is 0.796. The van der Waals surface area contributed by atoms with E-state index in [0.717, 1.165) is 0 Å². The van der Waals surface area contributed by atoms with Crippen LogP contribution in [0.3, 0.4) is 0 Å². The van der Waals surface area contributed by atoms with Crippen LogP contribution in [-0.4, -0.2) is 4.98 Å². The third-order valence-corrected chi connectivity index (χ3v) is 1.18. The highest BCUT2D eigenvalue weighted by Crippen LogP contribution is 2.02. The molecule has 3 heteroatoms. The van der Waals surface area contributed by atoms with Gasteiger partial charge in [0.1, 0.15) is 5.82 Å². The van der Waals surface area contributed by atoms with Gasteiger partial charge in [-0.15, -0.1) is 0 Å². The second-order valence-corrected chi connectivity index (χ2v) is 2.12. The van der Waals surface area contributed by atoms with Gasteiger partial charge in [0.25, 0.3) is 0 Å². The molecule has 1 heterocycles. The Morgan fingerprint density at radius 2 is 2.30 bits per heavy atom. The third-order valence-electron chi connectivity index (χ3n) is 1.18. The van der Waals surface area contributed by atoms with E-state index >= 15 is 0 Å². The highest BCUT2D eigenvalue weighted by atomic mass is 19.1. The first-order chi connectivity index (χ1) is 4.72. The Hall–Kier alpha value is -0.960. The van der Waals surface area contributed by atoms with E-state index in [2.05, 4.69) is 4.98 Å². The molecule has 0 aliphatic heterocycles. The molecule has 2 nitrogen and oxygen atoms in total. The molecule has 54 valence electrons. The molecular weight excluding hydrogens is 131 g/mol. The van der Waals surface area contributed by atoms with Crippen molar-refractivity contribution in [1.29, 1.82) is 0 Å². The van der Waals surface area contributed by atoms with Crippen molar-refractivity contribution in [3.05, 3.63) is 29.3 Å². The van der Waals surface area contributed by atoms with E-state index in [9.17, 15) is 4.39 Å². The van der Waals surface area contributed by atoms with Crippen LogP contribution in [0.25, 0.3) is 0 Å². The number of rotatable bonds is 1. The molecule has 0 amide bonds. The van der Waals surface area contributed by atoms with Crippen molar-refractivity contribution in [3.63, 3.8) is 0 Å². The van der Waals surface area contributed by atoms with Gasteiger partial charge in [0, 0.05) is 12.2 Å². The van der Waals surface area contributed by atoms with Gasteiger partial charge < -0.3 is 5.73 Å². The maximum atomic E-state index is 12.5. The zero-order valence-corrected chi connectivity index (χ0v) is 5.76. The lowest BCUT2D eigenvalue weighted by molar-refractivity contribution is 0.619. The quantitative estimate of drug-likeness (QED) is 0.631. The molecule has 0 saturated heterocycles. The van der Waals surface area contributed by atoms with Gasteiger partial charge in [-0.3, -0.25) is 4.98 Å². The largest absolute Gasteiger partial charge is 0.325 e. The lowest BCUT2D eigenvalue weighted by Gasteiger charge is -1.97. The van der Waals surface area contributed by atoms with Crippen molar-refractivity contribution in [2.75, 3.05) is 0 Å². The highest BCUT2D eigenvalue weighted by Gasteiger charge is 1.95. The molecule has 1 aromatic heterocycles. The Kier molecular flexibility index (Phi) is 1.97. The van der Waals surface area contributed by atoms with E-state index in [4.69, 9.17) is 5.73 Å². The first kappa shape index (κ1) is 7.15. The van der Waals surface area contributed by atoms with E-state index in [1.54, 1.807) is 6.92 Å². The number of aromatic nitrogens is 1. The summed E-state index contributed by atoms with van der Waals surface area (Å²) >= 11 is 0. The Bertz CT molecular complexity index is 215. The fourth-order valence-corrected chi connectivity index (χ4v) is 0.796. The Morgan fingerprint density at radius 3 is 2.80 bits per heavy atom. The van der Waals surface area contributed by atoms with Crippen LogP contribution in [0, 0.1) is 12.7 Å². The minimum Gasteiger partial charge on any atom is -0.325 e. The molecular formula is C7H9FN2. The van der Waals surface area contributed by atoms with Crippen LogP contribution in [0.1, 0.15) is 11.4 Å². The number of pyridine rings is 1. The molecule has 0 spiro atoms. The second kappa shape index (κ2) is 2.75. The van der Waals surface area contributed by atoms with Crippen molar-refractivity contribution >= 4 is 0 Å². The summed E-state index contributed by atoms with van der Waals surface area (Å²) in [6.07, 6.45) is 0. The number of hydrogen-bond acceptors (Lipinski definition) is 2. The smallest absolute Gasteiger partial charge is 0.126 e. The van der Waals surface area contributed by atoms with Crippen LogP contribution < -0.4 is 5.73 Å². The summed E-state index contributed by atoms with van der Waals surface area (Å²) in [5.74, 6) is -0.270. The lowest BCUT2D eigenvalue weighted by atomic mass is 10.3. The van der Waals surface area contributed by atoms with Crippen LogP contribution in [0.5, 0.6) is 0 Å². The fraction of sp³-hybridized carbons (Fsp3) is 0.286. The average molecular weight is 140 g/mol. The summed E-state index contributed by atoms with van der Waals surface area (Å²) in [7, 11) is 0. The predicted molar refractivity (Wildman–Crippen MR) is 36.8 cm³/mol. The van der Waals surface area contributed by atoms with Gasteiger partial charge in [-0.1, -0.05) is 0 Å². The van der Waals surface area contributed by atoms with E-state index in [0.29, 0.717) is 17.9 Å². The first-order valence-corrected chi connectivity index (χ1v) is 3.05. The summed E-state index contributed by atoms with van der Waals surface area (Å²) < 4.78 is 12.5. The molecule has 0 aliphatic carbocycles. The summed E-state index contributed by atoms with van der Waals surface area (Å²) in [6.45, 7) is 2.03. The van der Waals surface area contributed by atoms with Gasteiger partial charge >= 0.3 is 0 Å². The molecule has 0 radical (unpaired) electrons. The SMILES string of the molecule is Cc1cc(F)cc(CN)n1. The minimum absolute atomic E-state index is 0.270. The van der Waals surface area contributed by atoms with E-state index < -0.39 is 0 Å². The predicted octanol–water partition coefficient (Wildman–Crippen LogP) is 0.988. The van der Waals surface area contributed by atoms with Crippen molar-refractivity contribution in [3.8, 4) is 0 Å². The summed E-state index contributed by atoms with van der Waals surface area (Å²) in [5, 5.41) is 0. The van der Waals surface area contributed by atoms with E-state index in [1.807, 2.05) is 0 Å². The zero-order chi connectivity index (χ0) is 7.56. The van der Waals surface area contributed by atoms with Gasteiger partial charge in [-0.05, 0) is 19.1 Å². The first-order valence-electron chi connectivity index (χ1n) is 3.05. The molecule has 0 aromatic carbocycles. The van der Waals surface area contributed by atoms with Crippen LogP contribution >= 0.6 is 0 Å². The Morgan fingerprint density at radius 1 is 1.60 bits per heavy atom. The number of nitrogens with two attached hydrogens (primary N) is 1. The molecule has 0 unspecified atom stereocenters. The molecule has 0 bridgehead atoms. The van der Waals surface area contributed by atoms with Crippen molar-refractivity contribution < 1.29 is 4.39 Å². The zero-order valence-electron chi connectivity index (χ0n) is 5.76. The van der Waals surface area contributed by atoms with Gasteiger partial charge in [0.15, 0.2) is 0 Å². The van der Waals surface area contributed by atoms with Gasteiger partial charge in [-0.25, -0.2) is 4.39 Å². The van der Waals surface area contributed by atoms with Crippen LogP contribution in [0.2, 0.25) is 0 Å². The molecule has 0 atom stereocenters. The topological polar surface area (TPSA) is 38.9 Å². The van der Waals surface area contributed by atoms with Crippen molar-refractivity contribution in [2.45, 2.75) is 13.5 Å². The number of halogens is 1. The van der Waals surface area contributed by atoms with Crippen molar-refractivity contribution in [2.24, 2.45) is 5.73 Å². The van der Waals surface area contributed by atoms with Crippen molar-refractivity contribution in [1.82, 2.24) is 4.98 Å². The van der Waals surface area contributed by atoms with E-state index in [-0.39, 0.29) is 5.82 Å². The Labute approximate surface area is 58.9 Å². The summed E-state index contributed by atoms with van der Waals surface area (Å²) in [6, 6.07) is 2.71. The number of nitrogens with zero attached hydrogens (tertiary/aromatic N) is 1. The normalized spacial score (nSPS) is 9.90. The summed E-state index contributed by atoms with van der Waals surface area (Å²) in [5.41, 5.74) is 6.52. The molecule has 0 aliphatic rings. The van der Waals surface area contributed by atoms with Gasteiger partial charge in [-0.2, -0.15) is 0 Å². The maximum Gasteiger partial charge on any atom is 0.126 e. The number of hydrogen-bond donors (Lipinski definition) is 1. The van der Waals surface area contributed by atoms with Crippen LogP contribution in [0.15, 0.2) is 12.1 Å². The van der Waals surface area contributed by atoms with Crippen LogP contribution in [0.4, 0.5) is 4.39 Å². The van der Waals surface area contributed by atoms with Gasteiger partial charge in [0.2, 0.25) is 0 Å². The Balaban J connectivity index is 3.06. The minimum atomic E-state index is -0.270. The summed E-state index contributed by atoms with van der Waals surface area (Å²) in [4.78, 5) is 3.99. The maximum absolute atomic E-state index is 12.5. The van der Waals surface area contributed by atoms with E-state index in [1.165, 1.54) is 12.1 Å². The average Bonchev–Trinajstić information content (AvgIpc) is 1.85. The number of aryl methyl sites for hydroxylation is 1. The monoisotopic (exact) mass is 140 g/mol. The molecule has 1 aromatic rings. The second-order valence-electron chi connectivity index (χ2n) is 2.12. The lowest BCUT2D eigenvalue weighted by Crippen LogP contribution is -2.01. The van der Waals surface area contributed by atoms with Crippen LogP contribution in [-0.2, 0) is 6.54 Å². The molecule has 1 rings (SSSR count).